The van der Waals surface area contributed by atoms with Crippen molar-refractivity contribution >= 4 is 46.3 Å². The van der Waals surface area contributed by atoms with Crippen molar-refractivity contribution in [2.45, 2.75) is 13.1 Å². The Balaban J connectivity index is 2.25. The number of ketones is 2. The van der Waals surface area contributed by atoms with Crippen LogP contribution in [0.2, 0.25) is 5.02 Å². The van der Waals surface area contributed by atoms with Crippen LogP contribution in [0, 0.1) is 5.82 Å². The number of nitrogens with one attached hydrogen (secondary N) is 2. The fourth-order valence-corrected chi connectivity index (χ4v) is 3.03. The van der Waals surface area contributed by atoms with Crippen molar-refractivity contribution in [1.29, 1.82) is 0 Å². The van der Waals surface area contributed by atoms with Crippen molar-refractivity contribution in [3.05, 3.63) is 52.9 Å². The molecule has 1 unspecified atom stereocenters. The lowest BCUT2D eigenvalue weighted by molar-refractivity contribution is -0.120. The zero-order valence-corrected chi connectivity index (χ0v) is 21.0. The second-order valence-electron chi connectivity index (χ2n) is 7.16. The van der Waals surface area contributed by atoms with Gasteiger partial charge in [-0.2, -0.15) is 18.2 Å². The van der Waals surface area contributed by atoms with Crippen molar-refractivity contribution in [1.82, 2.24) is 14.6 Å². The van der Waals surface area contributed by atoms with Crippen molar-refractivity contribution < 1.29 is 50.2 Å². The molecule has 0 bridgehead atoms. The quantitative estimate of drug-likeness (QED) is 0.233. The second-order valence-corrected chi connectivity index (χ2v) is 8.33. The molecule has 2 amide bonds. The van der Waals surface area contributed by atoms with Gasteiger partial charge in [0.15, 0.2) is 34.7 Å². The number of carbonyl (C=O) groups is 3. The third-order valence-electron chi connectivity index (χ3n) is 4.25. The number of amides is 2. The van der Waals surface area contributed by atoms with Crippen molar-refractivity contribution in [3.8, 4) is 17.4 Å². The van der Waals surface area contributed by atoms with E-state index in [1.54, 1.807) is 0 Å². The number of ether oxygens (including phenoxy) is 2. The van der Waals surface area contributed by atoms with Gasteiger partial charge in [-0.25, -0.2) is 13.9 Å². The molecular weight excluding hydrogens is 564 g/mol. The standard InChI is InChI=1S/C21H19ClF4N4O7S/c1-11(31)7-17(21(24,25)26)30(2)20(33)29-18-14(23)8-13(22)19(28-18)37-16-6-4-3-5-15(16)36-10-12(32)9-27-38(34)35/h3-8,27H,9-10H2,1-2H3,(H,34,35)(H,28,29,33)/p-1/b17-7-. The smallest absolute Gasteiger partial charge is 0.431 e. The van der Waals surface area contributed by atoms with E-state index >= 15 is 0 Å². The highest BCUT2D eigenvalue weighted by molar-refractivity contribution is 7.77. The number of Topliss-reactive ketones (excluding diaryl/α,β-unsaturated/α-hetero) is 1. The molecule has 0 fully saturated rings. The molecule has 0 radical (unpaired) electrons. The van der Waals surface area contributed by atoms with Gasteiger partial charge in [0, 0.05) is 30.5 Å². The summed E-state index contributed by atoms with van der Waals surface area (Å²) in [5.41, 5.74) is -1.61. The second kappa shape index (κ2) is 13.3. The zero-order valence-electron chi connectivity index (χ0n) is 19.4. The van der Waals surface area contributed by atoms with Crippen LogP contribution in [-0.2, 0) is 20.9 Å². The average Bonchev–Trinajstić information content (AvgIpc) is 2.82. The number of para-hydroxylation sites is 2. The normalized spacial score (nSPS) is 12.5. The molecule has 1 atom stereocenters. The molecule has 206 valence electrons. The number of alkyl halides is 3. The maximum atomic E-state index is 14.4. The number of aromatic nitrogens is 1. The van der Waals surface area contributed by atoms with E-state index in [2.05, 4.69) is 4.98 Å². The molecular formula is C21H18ClF4N4O7S-. The number of anilines is 1. The van der Waals surface area contributed by atoms with E-state index in [9.17, 15) is 40.7 Å². The lowest BCUT2D eigenvalue weighted by Gasteiger charge is -2.23. The van der Waals surface area contributed by atoms with Crippen LogP contribution >= 0.6 is 11.6 Å². The van der Waals surface area contributed by atoms with E-state index < -0.39 is 76.4 Å². The van der Waals surface area contributed by atoms with Gasteiger partial charge in [-0.1, -0.05) is 23.7 Å². The Morgan fingerprint density at radius 3 is 2.45 bits per heavy atom. The number of carbonyl (C=O) groups excluding carboxylic acids is 3. The molecule has 0 aliphatic rings. The van der Waals surface area contributed by atoms with Gasteiger partial charge >= 0.3 is 12.2 Å². The molecule has 0 aliphatic carbocycles. The molecule has 11 nitrogen and oxygen atoms in total. The number of hydrogen-bond acceptors (Lipinski definition) is 8. The number of halogens is 5. The number of urea groups is 1. The monoisotopic (exact) mass is 581 g/mol. The molecule has 2 rings (SSSR count). The Labute approximate surface area is 220 Å². The Morgan fingerprint density at radius 2 is 1.87 bits per heavy atom. The third-order valence-corrected chi connectivity index (χ3v) is 4.90. The molecule has 0 aliphatic heterocycles. The van der Waals surface area contributed by atoms with E-state index in [1.165, 1.54) is 24.3 Å². The van der Waals surface area contributed by atoms with E-state index in [4.69, 9.17) is 21.1 Å². The molecule has 1 heterocycles. The molecule has 38 heavy (non-hydrogen) atoms. The van der Waals surface area contributed by atoms with Crippen LogP contribution in [0.1, 0.15) is 6.92 Å². The first kappa shape index (κ1) is 30.6. The van der Waals surface area contributed by atoms with Crippen LogP contribution in [0.15, 0.2) is 42.1 Å². The summed E-state index contributed by atoms with van der Waals surface area (Å²) in [5, 5.41) is 1.45. The van der Waals surface area contributed by atoms with Gasteiger partial charge in [0.05, 0.1) is 6.54 Å². The van der Waals surface area contributed by atoms with Gasteiger partial charge in [-0.3, -0.25) is 24.0 Å². The minimum atomic E-state index is -5.08. The van der Waals surface area contributed by atoms with E-state index in [1.807, 2.05) is 10.0 Å². The van der Waals surface area contributed by atoms with Gasteiger partial charge in [-0.05, 0) is 19.1 Å². The average molecular weight is 582 g/mol. The van der Waals surface area contributed by atoms with Gasteiger partial charge in [0.2, 0.25) is 5.88 Å². The summed E-state index contributed by atoms with van der Waals surface area (Å²) >= 11 is 3.31. The van der Waals surface area contributed by atoms with Gasteiger partial charge < -0.3 is 14.0 Å². The summed E-state index contributed by atoms with van der Waals surface area (Å²) < 4.78 is 87.8. The van der Waals surface area contributed by atoms with Crippen LogP contribution in [-0.4, -0.2) is 62.6 Å². The summed E-state index contributed by atoms with van der Waals surface area (Å²) in [6.07, 6.45) is -4.89. The number of nitrogens with zero attached hydrogens (tertiary/aromatic N) is 2. The molecule has 0 saturated carbocycles. The summed E-state index contributed by atoms with van der Waals surface area (Å²) in [6.45, 7) is -0.234. The van der Waals surface area contributed by atoms with Gasteiger partial charge in [-0.15, -0.1) is 0 Å². The number of benzene rings is 1. The van der Waals surface area contributed by atoms with Gasteiger partial charge in [0.1, 0.15) is 17.3 Å². The molecule has 2 N–H and O–H groups in total. The minimum Gasteiger partial charge on any atom is -0.760 e. The zero-order chi connectivity index (χ0) is 28.6. The summed E-state index contributed by atoms with van der Waals surface area (Å²) in [4.78, 5) is 39.0. The van der Waals surface area contributed by atoms with Crippen molar-refractivity contribution in [2.24, 2.45) is 0 Å². The van der Waals surface area contributed by atoms with Crippen LogP contribution in [0.5, 0.6) is 17.4 Å². The van der Waals surface area contributed by atoms with Crippen LogP contribution in [0.3, 0.4) is 0 Å². The van der Waals surface area contributed by atoms with Crippen molar-refractivity contribution in [3.63, 3.8) is 0 Å². The predicted octanol–water partition coefficient (Wildman–Crippen LogP) is 3.50. The Bertz CT molecular complexity index is 1280. The number of rotatable bonds is 11. The largest absolute Gasteiger partial charge is 0.760 e. The first-order valence-corrected chi connectivity index (χ1v) is 11.6. The van der Waals surface area contributed by atoms with E-state index in [0.717, 1.165) is 6.92 Å². The molecule has 1 aromatic carbocycles. The maximum Gasteiger partial charge on any atom is 0.431 e. The summed E-state index contributed by atoms with van der Waals surface area (Å²) in [6, 6.07) is 4.91. The maximum absolute atomic E-state index is 14.4. The highest BCUT2D eigenvalue weighted by Gasteiger charge is 2.39. The van der Waals surface area contributed by atoms with Crippen LogP contribution < -0.4 is 19.5 Å². The van der Waals surface area contributed by atoms with E-state index in [0.29, 0.717) is 13.1 Å². The lowest BCUT2D eigenvalue weighted by atomic mass is 10.3. The summed E-state index contributed by atoms with van der Waals surface area (Å²) in [7, 11) is 0.710. The molecule has 1 aromatic heterocycles. The first-order valence-electron chi connectivity index (χ1n) is 10.1. The number of pyridine rings is 1. The first-order chi connectivity index (χ1) is 17.7. The predicted molar refractivity (Wildman–Crippen MR) is 125 cm³/mol. The fraction of sp³-hybridized carbons (Fsp3) is 0.238. The van der Waals surface area contributed by atoms with Crippen molar-refractivity contribution in [2.75, 3.05) is 25.5 Å². The summed E-state index contributed by atoms with van der Waals surface area (Å²) in [5.74, 6) is -4.29. The Morgan fingerprint density at radius 1 is 1.24 bits per heavy atom. The Hall–Kier alpha value is -3.60. The molecule has 0 saturated heterocycles. The topological polar surface area (TPSA) is 150 Å². The third kappa shape index (κ3) is 9.05. The Kier molecular flexibility index (Phi) is 10.7. The highest BCUT2D eigenvalue weighted by Crippen LogP contribution is 2.35. The fourth-order valence-electron chi connectivity index (χ4n) is 2.57. The SMILES string of the molecule is CC(=O)/C=C(\N(C)C(=O)Nc1nc(Oc2ccccc2OCC(=O)CNS(=O)[O-])c(Cl)cc1F)C(F)(F)F. The molecule has 2 aromatic rings. The molecule has 0 spiro atoms. The van der Waals surface area contributed by atoms with Crippen LogP contribution in [0.25, 0.3) is 0 Å². The molecule has 17 heteroatoms. The number of allylic oxidation sites excluding steroid dienone is 2. The highest BCUT2D eigenvalue weighted by atomic mass is 35.5. The van der Waals surface area contributed by atoms with Crippen LogP contribution in [0.4, 0.5) is 28.2 Å². The van der Waals surface area contributed by atoms with Gasteiger partial charge in [0.25, 0.3) is 0 Å². The lowest BCUT2D eigenvalue weighted by Crippen LogP contribution is -2.37. The van der Waals surface area contributed by atoms with E-state index in [-0.39, 0.29) is 22.5 Å². The minimum absolute atomic E-state index is 0.0270. The number of hydrogen-bond donors (Lipinski definition) is 2.